The zero-order valence-corrected chi connectivity index (χ0v) is 11.2. The lowest BCUT2D eigenvalue weighted by atomic mass is 10.2. The summed E-state index contributed by atoms with van der Waals surface area (Å²) in [5.41, 5.74) is 0.909. The van der Waals surface area contributed by atoms with Gasteiger partial charge in [0, 0.05) is 19.8 Å². The van der Waals surface area contributed by atoms with E-state index in [-0.39, 0.29) is 6.10 Å². The van der Waals surface area contributed by atoms with Gasteiger partial charge < -0.3 is 14.5 Å². The maximum Gasteiger partial charge on any atom is 0.224 e. The Morgan fingerprint density at radius 2 is 2.35 bits per heavy atom. The highest BCUT2D eigenvalue weighted by Crippen LogP contribution is 2.22. The van der Waals surface area contributed by atoms with Crippen LogP contribution in [0.4, 0.5) is 0 Å². The van der Waals surface area contributed by atoms with Crippen molar-refractivity contribution in [2.24, 2.45) is 0 Å². The molecule has 2 heterocycles. The van der Waals surface area contributed by atoms with Crippen molar-refractivity contribution in [3.8, 4) is 5.88 Å². The van der Waals surface area contributed by atoms with Gasteiger partial charge in [-0.1, -0.05) is 12.2 Å². The van der Waals surface area contributed by atoms with Crippen molar-refractivity contribution < 1.29 is 4.74 Å². The Bertz CT molecular complexity index is 422. The van der Waals surface area contributed by atoms with Gasteiger partial charge in [0.1, 0.15) is 11.1 Å². The summed E-state index contributed by atoms with van der Waals surface area (Å²) in [6.07, 6.45) is 1.82. The summed E-state index contributed by atoms with van der Waals surface area (Å²) in [5.74, 6) is 0.647. The maximum absolute atomic E-state index is 5.93. The Morgan fingerprint density at radius 3 is 3.06 bits per heavy atom. The highest BCUT2D eigenvalue weighted by atomic mass is 32.1. The van der Waals surface area contributed by atoms with Gasteiger partial charge in [-0.15, -0.1) is 0 Å². The van der Waals surface area contributed by atoms with Crippen molar-refractivity contribution in [2.75, 3.05) is 34.2 Å². The third kappa shape index (κ3) is 2.73. The molecule has 2 rings (SSSR count). The van der Waals surface area contributed by atoms with Crippen molar-refractivity contribution in [3.05, 3.63) is 23.9 Å². The molecule has 1 aliphatic rings. The first-order chi connectivity index (χ1) is 8.08. The fourth-order valence-electron chi connectivity index (χ4n) is 1.94. The zero-order valence-electron chi connectivity index (χ0n) is 10.4. The second-order valence-corrected chi connectivity index (χ2v) is 4.93. The van der Waals surface area contributed by atoms with Crippen LogP contribution < -0.4 is 4.74 Å². The monoisotopic (exact) mass is 251 g/mol. The SMILES string of the molecule is CN(C)CC1CN(C)C(=S)c2cccnc2O1. The van der Waals surface area contributed by atoms with Crippen molar-refractivity contribution in [2.45, 2.75) is 6.10 Å². The molecule has 5 heteroatoms. The summed E-state index contributed by atoms with van der Waals surface area (Å²) < 4.78 is 5.93. The molecule has 0 saturated heterocycles. The smallest absolute Gasteiger partial charge is 0.224 e. The van der Waals surface area contributed by atoms with Gasteiger partial charge >= 0.3 is 0 Å². The fraction of sp³-hybridized carbons (Fsp3) is 0.500. The average molecular weight is 251 g/mol. The second-order valence-electron chi connectivity index (χ2n) is 4.54. The van der Waals surface area contributed by atoms with E-state index in [2.05, 4.69) is 14.8 Å². The second kappa shape index (κ2) is 4.98. The van der Waals surface area contributed by atoms with Crippen LogP contribution in [0.15, 0.2) is 18.3 Å². The van der Waals surface area contributed by atoms with Crippen LogP contribution in [-0.2, 0) is 0 Å². The van der Waals surface area contributed by atoms with E-state index in [9.17, 15) is 0 Å². The normalized spacial score (nSPS) is 19.9. The average Bonchev–Trinajstić information content (AvgIpc) is 2.37. The van der Waals surface area contributed by atoms with E-state index in [0.29, 0.717) is 5.88 Å². The molecule has 0 saturated carbocycles. The van der Waals surface area contributed by atoms with Crippen molar-refractivity contribution in [3.63, 3.8) is 0 Å². The predicted molar refractivity (Wildman–Crippen MR) is 71.5 cm³/mol. The van der Waals surface area contributed by atoms with Crippen molar-refractivity contribution in [1.29, 1.82) is 0 Å². The molecule has 92 valence electrons. The van der Waals surface area contributed by atoms with E-state index in [0.717, 1.165) is 23.6 Å². The summed E-state index contributed by atoms with van der Waals surface area (Å²) in [6.45, 7) is 1.64. The van der Waals surface area contributed by atoms with Crippen molar-refractivity contribution >= 4 is 17.2 Å². The zero-order chi connectivity index (χ0) is 12.4. The first-order valence-corrected chi connectivity index (χ1v) is 6.00. The van der Waals surface area contributed by atoms with Gasteiger partial charge in [0.25, 0.3) is 0 Å². The highest BCUT2D eigenvalue weighted by molar-refractivity contribution is 7.80. The van der Waals surface area contributed by atoms with Gasteiger partial charge in [0.05, 0.1) is 12.1 Å². The molecule has 0 aromatic carbocycles. The number of ether oxygens (including phenoxy) is 1. The topological polar surface area (TPSA) is 28.6 Å². The van der Waals surface area contributed by atoms with E-state index in [1.165, 1.54) is 0 Å². The number of likely N-dealkylation sites (N-methyl/N-ethyl adjacent to an activating group) is 2. The molecule has 0 bridgehead atoms. The summed E-state index contributed by atoms with van der Waals surface area (Å²) in [5, 5.41) is 0. The molecule has 0 spiro atoms. The van der Waals surface area contributed by atoms with Crippen LogP contribution in [0.25, 0.3) is 0 Å². The Labute approximate surface area is 107 Å². The molecule has 0 radical (unpaired) electrons. The van der Waals surface area contributed by atoms with E-state index in [1.807, 2.05) is 33.3 Å². The Balaban J connectivity index is 2.29. The Morgan fingerprint density at radius 1 is 1.59 bits per heavy atom. The third-order valence-electron chi connectivity index (χ3n) is 2.67. The minimum absolute atomic E-state index is 0.0871. The van der Waals surface area contributed by atoms with Crippen LogP contribution in [-0.4, -0.2) is 60.1 Å². The number of aromatic nitrogens is 1. The predicted octanol–water partition coefficient (Wildman–Crippen LogP) is 1.01. The number of thiocarbonyl (C=S) groups is 1. The Kier molecular flexibility index (Phi) is 3.59. The molecule has 0 N–H and O–H groups in total. The highest BCUT2D eigenvalue weighted by Gasteiger charge is 2.25. The maximum atomic E-state index is 5.93. The third-order valence-corrected chi connectivity index (χ3v) is 3.20. The minimum Gasteiger partial charge on any atom is -0.471 e. The van der Waals surface area contributed by atoms with Gasteiger partial charge in [-0.3, -0.25) is 0 Å². The number of nitrogens with zero attached hydrogens (tertiary/aromatic N) is 3. The minimum atomic E-state index is 0.0871. The number of fused-ring (bicyclic) bond motifs is 1. The molecule has 0 fully saturated rings. The molecule has 1 unspecified atom stereocenters. The Hall–Kier alpha value is -1.20. The molecule has 17 heavy (non-hydrogen) atoms. The van der Waals surface area contributed by atoms with E-state index in [4.69, 9.17) is 17.0 Å². The summed E-state index contributed by atoms with van der Waals surface area (Å²) in [7, 11) is 6.06. The summed E-state index contributed by atoms with van der Waals surface area (Å²) >= 11 is 5.43. The number of pyridine rings is 1. The number of hydrogen-bond acceptors (Lipinski definition) is 4. The molecular formula is C12H17N3OS. The first kappa shape index (κ1) is 12.3. The largest absolute Gasteiger partial charge is 0.471 e. The van der Waals surface area contributed by atoms with Gasteiger partial charge in [-0.2, -0.15) is 0 Å². The molecule has 1 atom stereocenters. The fourth-order valence-corrected chi connectivity index (χ4v) is 2.17. The van der Waals surface area contributed by atoms with Crippen LogP contribution in [0.2, 0.25) is 0 Å². The van der Waals surface area contributed by atoms with Crippen molar-refractivity contribution in [1.82, 2.24) is 14.8 Å². The van der Waals surface area contributed by atoms with Crippen LogP contribution in [0, 0.1) is 0 Å². The molecule has 1 aromatic rings. The molecule has 1 aromatic heterocycles. The van der Waals surface area contributed by atoms with Gasteiger partial charge in [-0.05, 0) is 26.2 Å². The standard InChI is InChI=1S/C12H17N3OS/c1-14(2)7-9-8-15(3)12(17)10-5-4-6-13-11(10)16-9/h4-6,9H,7-8H2,1-3H3. The van der Waals surface area contributed by atoms with Gasteiger partial charge in [-0.25, -0.2) is 4.98 Å². The van der Waals surface area contributed by atoms with E-state index >= 15 is 0 Å². The number of hydrogen-bond donors (Lipinski definition) is 0. The molecular weight excluding hydrogens is 234 g/mol. The molecule has 0 amide bonds. The lowest BCUT2D eigenvalue weighted by Crippen LogP contribution is -2.39. The first-order valence-electron chi connectivity index (χ1n) is 5.60. The van der Waals surface area contributed by atoms with E-state index < -0.39 is 0 Å². The quantitative estimate of drug-likeness (QED) is 0.732. The van der Waals surface area contributed by atoms with Gasteiger partial charge in [0.2, 0.25) is 5.88 Å². The van der Waals surface area contributed by atoms with E-state index in [1.54, 1.807) is 6.20 Å². The molecule has 0 aliphatic carbocycles. The summed E-state index contributed by atoms with van der Waals surface area (Å²) in [4.78, 5) is 9.23. The number of rotatable bonds is 2. The lowest BCUT2D eigenvalue weighted by molar-refractivity contribution is 0.140. The summed E-state index contributed by atoms with van der Waals surface area (Å²) in [6, 6.07) is 3.84. The van der Waals surface area contributed by atoms with Crippen LogP contribution >= 0.6 is 12.2 Å². The van der Waals surface area contributed by atoms with Crippen LogP contribution in [0.5, 0.6) is 5.88 Å². The lowest BCUT2D eigenvalue weighted by Gasteiger charge is -2.23. The van der Waals surface area contributed by atoms with Gasteiger partial charge in [0.15, 0.2) is 0 Å². The molecule has 4 nitrogen and oxygen atoms in total. The van der Waals surface area contributed by atoms with Crippen LogP contribution in [0.3, 0.4) is 0 Å². The molecule has 1 aliphatic heterocycles. The van der Waals surface area contributed by atoms with Crippen LogP contribution in [0.1, 0.15) is 5.56 Å².